The summed E-state index contributed by atoms with van der Waals surface area (Å²) >= 11 is 0. The predicted octanol–water partition coefficient (Wildman–Crippen LogP) is 3.05. The second-order valence-electron chi connectivity index (χ2n) is 6.30. The number of fused-ring (bicyclic) bond motifs is 1. The number of guanidine groups is 1. The standard InChI is InChI=1S/C21H27N5O/c1-3-22-21(24-14-15-27-17-10-8-16(2)9-11-17)23-13-12-20-25-18-6-4-5-7-19(18)26-20/h4-11H,3,12-15H2,1-2H3,(H,25,26)(H2,22,23,24). The Morgan fingerprint density at radius 2 is 1.93 bits per heavy atom. The zero-order valence-electron chi connectivity index (χ0n) is 16.0. The SMILES string of the molecule is CCNC(=NCCc1nc2ccccc2[nH]1)NCCOc1ccc(C)cc1. The quantitative estimate of drug-likeness (QED) is 0.326. The van der Waals surface area contributed by atoms with Crippen LogP contribution in [-0.2, 0) is 6.42 Å². The lowest BCUT2D eigenvalue weighted by atomic mass is 10.2. The molecular weight excluding hydrogens is 338 g/mol. The van der Waals surface area contributed by atoms with Gasteiger partial charge >= 0.3 is 0 Å². The van der Waals surface area contributed by atoms with Crippen molar-refractivity contribution in [2.75, 3.05) is 26.2 Å². The normalized spacial score (nSPS) is 11.6. The summed E-state index contributed by atoms with van der Waals surface area (Å²) in [4.78, 5) is 12.5. The lowest BCUT2D eigenvalue weighted by Gasteiger charge is -2.12. The van der Waals surface area contributed by atoms with Gasteiger partial charge in [-0.3, -0.25) is 4.99 Å². The van der Waals surface area contributed by atoms with E-state index in [2.05, 4.69) is 39.4 Å². The molecule has 0 spiro atoms. The van der Waals surface area contributed by atoms with Crippen LogP contribution in [0.15, 0.2) is 53.5 Å². The molecule has 0 radical (unpaired) electrons. The first kappa shape index (κ1) is 18.8. The van der Waals surface area contributed by atoms with Gasteiger partial charge in [-0.05, 0) is 38.1 Å². The number of rotatable bonds is 8. The minimum absolute atomic E-state index is 0.580. The minimum Gasteiger partial charge on any atom is -0.492 e. The highest BCUT2D eigenvalue weighted by atomic mass is 16.5. The third-order valence-electron chi connectivity index (χ3n) is 4.09. The Morgan fingerprint density at radius 1 is 1.11 bits per heavy atom. The van der Waals surface area contributed by atoms with Gasteiger partial charge in [0.05, 0.1) is 17.6 Å². The van der Waals surface area contributed by atoms with Gasteiger partial charge in [0.15, 0.2) is 5.96 Å². The highest BCUT2D eigenvalue weighted by molar-refractivity contribution is 5.79. The summed E-state index contributed by atoms with van der Waals surface area (Å²) < 4.78 is 5.74. The van der Waals surface area contributed by atoms with E-state index in [1.807, 2.05) is 48.5 Å². The number of aliphatic imine (C=N–C) groups is 1. The molecule has 142 valence electrons. The number of H-pyrrole nitrogens is 1. The van der Waals surface area contributed by atoms with Crippen LogP contribution in [-0.4, -0.2) is 42.2 Å². The summed E-state index contributed by atoms with van der Waals surface area (Å²) in [6, 6.07) is 16.1. The van der Waals surface area contributed by atoms with Crippen molar-refractivity contribution in [3.8, 4) is 5.75 Å². The number of nitrogens with zero attached hydrogens (tertiary/aromatic N) is 2. The largest absolute Gasteiger partial charge is 0.492 e. The summed E-state index contributed by atoms with van der Waals surface area (Å²) in [5.74, 6) is 2.63. The van der Waals surface area contributed by atoms with Crippen LogP contribution in [0.4, 0.5) is 0 Å². The van der Waals surface area contributed by atoms with Crippen molar-refractivity contribution >= 4 is 17.0 Å². The van der Waals surface area contributed by atoms with Gasteiger partial charge < -0.3 is 20.4 Å². The number of imidazole rings is 1. The number of hydrogen-bond donors (Lipinski definition) is 3. The Morgan fingerprint density at radius 3 is 2.70 bits per heavy atom. The number of aromatic amines is 1. The highest BCUT2D eigenvalue weighted by Gasteiger charge is 2.02. The molecule has 2 aromatic carbocycles. The lowest BCUT2D eigenvalue weighted by molar-refractivity contribution is 0.322. The van der Waals surface area contributed by atoms with Crippen LogP contribution >= 0.6 is 0 Å². The summed E-state index contributed by atoms with van der Waals surface area (Å²) in [6.07, 6.45) is 0.769. The van der Waals surface area contributed by atoms with Crippen LogP contribution in [0.5, 0.6) is 5.75 Å². The van der Waals surface area contributed by atoms with E-state index in [0.717, 1.165) is 41.5 Å². The van der Waals surface area contributed by atoms with E-state index in [1.54, 1.807) is 0 Å². The Bertz CT molecular complexity index is 837. The van der Waals surface area contributed by atoms with Crippen LogP contribution in [0.1, 0.15) is 18.3 Å². The Balaban J connectivity index is 1.45. The molecular formula is C21H27N5O. The molecule has 0 amide bonds. The first-order chi connectivity index (χ1) is 13.2. The molecule has 0 bridgehead atoms. The summed E-state index contributed by atoms with van der Waals surface area (Å²) in [5.41, 5.74) is 3.29. The monoisotopic (exact) mass is 365 g/mol. The summed E-state index contributed by atoms with van der Waals surface area (Å²) in [7, 11) is 0. The Hall–Kier alpha value is -3.02. The van der Waals surface area contributed by atoms with Gasteiger partial charge in [0.1, 0.15) is 18.2 Å². The van der Waals surface area contributed by atoms with E-state index in [9.17, 15) is 0 Å². The van der Waals surface area contributed by atoms with Gasteiger partial charge in [0.25, 0.3) is 0 Å². The summed E-state index contributed by atoms with van der Waals surface area (Å²) in [6.45, 7) is 6.86. The fourth-order valence-electron chi connectivity index (χ4n) is 2.71. The van der Waals surface area contributed by atoms with E-state index in [-0.39, 0.29) is 0 Å². The highest BCUT2D eigenvalue weighted by Crippen LogP contribution is 2.11. The molecule has 27 heavy (non-hydrogen) atoms. The van der Waals surface area contributed by atoms with E-state index in [0.29, 0.717) is 19.7 Å². The number of hydrogen-bond acceptors (Lipinski definition) is 3. The fourth-order valence-corrected chi connectivity index (χ4v) is 2.71. The van der Waals surface area contributed by atoms with Crippen LogP contribution < -0.4 is 15.4 Å². The number of para-hydroxylation sites is 2. The zero-order valence-corrected chi connectivity index (χ0v) is 16.0. The van der Waals surface area contributed by atoms with Crippen molar-refractivity contribution in [3.05, 3.63) is 59.9 Å². The number of nitrogens with one attached hydrogen (secondary N) is 3. The maximum absolute atomic E-state index is 5.74. The van der Waals surface area contributed by atoms with Gasteiger partial charge in [-0.1, -0.05) is 29.8 Å². The molecule has 0 aliphatic heterocycles. The molecule has 0 unspecified atom stereocenters. The van der Waals surface area contributed by atoms with Crippen LogP contribution in [0.3, 0.4) is 0 Å². The van der Waals surface area contributed by atoms with Crippen molar-refractivity contribution < 1.29 is 4.74 Å². The van der Waals surface area contributed by atoms with Gasteiger partial charge in [-0.2, -0.15) is 0 Å². The van der Waals surface area contributed by atoms with Gasteiger partial charge in [-0.25, -0.2) is 4.98 Å². The number of aryl methyl sites for hydroxylation is 1. The lowest BCUT2D eigenvalue weighted by Crippen LogP contribution is -2.39. The predicted molar refractivity (Wildman–Crippen MR) is 110 cm³/mol. The third-order valence-corrected chi connectivity index (χ3v) is 4.09. The first-order valence-electron chi connectivity index (χ1n) is 9.40. The molecule has 3 rings (SSSR count). The van der Waals surface area contributed by atoms with Crippen molar-refractivity contribution in [2.24, 2.45) is 4.99 Å². The molecule has 0 fully saturated rings. The van der Waals surface area contributed by atoms with Crippen molar-refractivity contribution in [1.82, 2.24) is 20.6 Å². The van der Waals surface area contributed by atoms with Crippen LogP contribution in [0.25, 0.3) is 11.0 Å². The van der Waals surface area contributed by atoms with Crippen LogP contribution in [0.2, 0.25) is 0 Å². The minimum atomic E-state index is 0.580. The summed E-state index contributed by atoms with van der Waals surface area (Å²) in [5, 5.41) is 6.55. The molecule has 0 saturated heterocycles. The van der Waals surface area contributed by atoms with Crippen molar-refractivity contribution in [1.29, 1.82) is 0 Å². The molecule has 6 nitrogen and oxygen atoms in total. The number of aromatic nitrogens is 2. The maximum Gasteiger partial charge on any atom is 0.191 e. The average molecular weight is 365 g/mol. The van der Waals surface area contributed by atoms with Crippen molar-refractivity contribution in [2.45, 2.75) is 20.3 Å². The van der Waals surface area contributed by atoms with E-state index < -0.39 is 0 Å². The Kier molecular flexibility index (Phi) is 6.68. The molecule has 3 aromatic rings. The maximum atomic E-state index is 5.74. The number of benzene rings is 2. The first-order valence-corrected chi connectivity index (χ1v) is 9.40. The van der Waals surface area contributed by atoms with Gasteiger partial charge in [0.2, 0.25) is 0 Å². The number of ether oxygens (including phenoxy) is 1. The van der Waals surface area contributed by atoms with Gasteiger partial charge in [-0.15, -0.1) is 0 Å². The van der Waals surface area contributed by atoms with E-state index in [4.69, 9.17) is 4.74 Å². The van der Waals surface area contributed by atoms with E-state index >= 15 is 0 Å². The fraction of sp³-hybridized carbons (Fsp3) is 0.333. The van der Waals surface area contributed by atoms with E-state index in [1.165, 1.54) is 5.56 Å². The molecule has 3 N–H and O–H groups in total. The van der Waals surface area contributed by atoms with Crippen LogP contribution in [0, 0.1) is 6.92 Å². The van der Waals surface area contributed by atoms with Crippen molar-refractivity contribution in [3.63, 3.8) is 0 Å². The molecule has 0 aliphatic carbocycles. The molecule has 1 heterocycles. The molecule has 0 atom stereocenters. The molecule has 0 saturated carbocycles. The molecule has 1 aromatic heterocycles. The zero-order chi connectivity index (χ0) is 18.9. The average Bonchev–Trinajstić information content (AvgIpc) is 3.09. The van der Waals surface area contributed by atoms with Gasteiger partial charge in [0, 0.05) is 19.5 Å². The third kappa shape index (κ3) is 5.74. The Labute approximate surface area is 160 Å². The smallest absolute Gasteiger partial charge is 0.191 e. The second kappa shape index (κ2) is 9.62. The topological polar surface area (TPSA) is 74.3 Å². The molecule has 0 aliphatic rings. The molecule has 6 heteroatoms. The second-order valence-corrected chi connectivity index (χ2v) is 6.30.